The number of thiazole rings is 1. The van der Waals surface area contributed by atoms with E-state index in [0.717, 1.165) is 21.3 Å². The van der Waals surface area contributed by atoms with Gasteiger partial charge in [0.2, 0.25) is 0 Å². The van der Waals surface area contributed by atoms with Crippen molar-refractivity contribution in [3.05, 3.63) is 52.7 Å². The minimum absolute atomic E-state index is 0.233. The van der Waals surface area contributed by atoms with Crippen LogP contribution in [-0.4, -0.2) is 25.1 Å². The largest absolute Gasteiger partial charge is 0.493 e. The number of aromatic nitrogens is 1. The zero-order valence-electron chi connectivity index (χ0n) is 14.2. The van der Waals surface area contributed by atoms with Crippen LogP contribution in [0.5, 0.6) is 11.5 Å². The maximum atomic E-state index is 12.5. The van der Waals surface area contributed by atoms with Gasteiger partial charge in [0.25, 0.3) is 5.91 Å². The normalized spacial score (nSPS) is 10.5. The van der Waals surface area contributed by atoms with Gasteiger partial charge >= 0.3 is 0 Å². The molecular formula is C18H18N2O4S. The molecule has 0 aliphatic heterocycles. The monoisotopic (exact) mass is 358 g/mol. The van der Waals surface area contributed by atoms with Gasteiger partial charge in [-0.15, -0.1) is 11.3 Å². The summed E-state index contributed by atoms with van der Waals surface area (Å²) in [5.41, 5.74) is 1.30. The van der Waals surface area contributed by atoms with Gasteiger partial charge in [0, 0.05) is 4.88 Å². The fourth-order valence-electron chi connectivity index (χ4n) is 2.42. The Labute approximate surface area is 149 Å². The van der Waals surface area contributed by atoms with E-state index in [1.54, 1.807) is 24.5 Å². The standard InChI is InChI=1S/C18H18N2O4S/c1-11-15(25-18(20-11)14-8-5-9-24-14)10-19-17(21)12-6-4-7-13(22-2)16(12)23-3/h4-9H,10H2,1-3H3,(H,19,21). The number of hydrogen-bond donors (Lipinski definition) is 1. The summed E-state index contributed by atoms with van der Waals surface area (Å²) in [6.45, 7) is 2.29. The smallest absolute Gasteiger partial charge is 0.255 e. The zero-order valence-corrected chi connectivity index (χ0v) is 15.0. The van der Waals surface area contributed by atoms with Gasteiger partial charge in [-0.25, -0.2) is 4.98 Å². The highest BCUT2D eigenvalue weighted by Crippen LogP contribution is 2.31. The number of nitrogens with one attached hydrogen (secondary N) is 1. The maximum absolute atomic E-state index is 12.5. The number of amides is 1. The third kappa shape index (κ3) is 3.51. The molecule has 0 atom stereocenters. The van der Waals surface area contributed by atoms with Crippen molar-refractivity contribution in [2.24, 2.45) is 0 Å². The fraction of sp³-hybridized carbons (Fsp3) is 0.222. The lowest BCUT2D eigenvalue weighted by molar-refractivity contribution is 0.0947. The predicted octanol–water partition coefficient (Wildman–Crippen LogP) is 3.66. The lowest BCUT2D eigenvalue weighted by atomic mass is 10.1. The second-order valence-corrected chi connectivity index (χ2v) is 6.31. The number of ether oxygens (including phenoxy) is 2. The first-order valence-corrected chi connectivity index (χ1v) is 8.45. The van der Waals surface area contributed by atoms with Gasteiger partial charge in [0.05, 0.1) is 38.3 Å². The molecule has 6 nitrogen and oxygen atoms in total. The van der Waals surface area contributed by atoms with E-state index in [9.17, 15) is 4.79 Å². The molecule has 1 aromatic carbocycles. The Balaban J connectivity index is 1.75. The molecule has 0 spiro atoms. The number of methoxy groups -OCH3 is 2. The lowest BCUT2D eigenvalue weighted by Gasteiger charge is -2.12. The summed E-state index contributed by atoms with van der Waals surface area (Å²) in [4.78, 5) is 18.0. The molecule has 0 saturated carbocycles. The van der Waals surface area contributed by atoms with E-state index >= 15 is 0 Å². The van der Waals surface area contributed by atoms with Crippen LogP contribution in [0.1, 0.15) is 20.9 Å². The summed E-state index contributed by atoms with van der Waals surface area (Å²) in [7, 11) is 3.05. The van der Waals surface area contributed by atoms with Gasteiger partial charge in [0.15, 0.2) is 22.3 Å². The van der Waals surface area contributed by atoms with E-state index in [0.29, 0.717) is 23.6 Å². The van der Waals surface area contributed by atoms with Crippen LogP contribution in [0.15, 0.2) is 41.0 Å². The van der Waals surface area contributed by atoms with Gasteiger partial charge < -0.3 is 19.2 Å². The summed E-state index contributed by atoms with van der Waals surface area (Å²) in [5.74, 6) is 1.42. The molecule has 0 unspecified atom stereocenters. The summed E-state index contributed by atoms with van der Waals surface area (Å²) < 4.78 is 15.9. The molecule has 0 saturated heterocycles. The molecule has 0 bridgehead atoms. The number of aryl methyl sites for hydroxylation is 1. The number of carbonyl (C=O) groups excluding carboxylic acids is 1. The molecule has 0 aliphatic rings. The van der Waals surface area contributed by atoms with Gasteiger partial charge in [-0.2, -0.15) is 0 Å². The van der Waals surface area contributed by atoms with Crippen LogP contribution in [0, 0.1) is 6.92 Å². The Morgan fingerprint density at radius 3 is 2.76 bits per heavy atom. The number of hydrogen-bond acceptors (Lipinski definition) is 6. The molecule has 0 aliphatic carbocycles. The van der Waals surface area contributed by atoms with Crippen molar-refractivity contribution in [3.8, 4) is 22.3 Å². The molecule has 0 fully saturated rings. The maximum Gasteiger partial charge on any atom is 0.255 e. The second-order valence-electron chi connectivity index (χ2n) is 5.23. The zero-order chi connectivity index (χ0) is 17.8. The van der Waals surface area contributed by atoms with Crippen molar-refractivity contribution in [2.45, 2.75) is 13.5 Å². The Bertz CT molecular complexity index is 871. The van der Waals surface area contributed by atoms with Crippen LogP contribution in [0.2, 0.25) is 0 Å². The lowest BCUT2D eigenvalue weighted by Crippen LogP contribution is -2.23. The highest BCUT2D eigenvalue weighted by Gasteiger charge is 2.17. The summed E-state index contributed by atoms with van der Waals surface area (Å²) in [5, 5.41) is 3.70. The van der Waals surface area contributed by atoms with Crippen molar-refractivity contribution in [1.29, 1.82) is 0 Å². The van der Waals surface area contributed by atoms with E-state index in [-0.39, 0.29) is 5.91 Å². The SMILES string of the molecule is COc1cccc(C(=O)NCc2sc(-c3ccco3)nc2C)c1OC. The van der Waals surface area contributed by atoms with Crippen LogP contribution in [0.3, 0.4) is 0 Å². The number of furan rings is 1. The average molecular weight is 358 g/mol. The molecular weight excluding hydrogens is 340 g/mol. The van der Waals surface area contributed by atoms with Crippen molar-refractivity contribution in [3.63, 3.8) is 0 Å². The summed E-state index contributed by atoms with van der Waals surface area (Å²) in [6.07, 6.45) is 1.61. The molecule has 7 heteroatoms. The highest BCUT2D eigenvalue weighted by molar-refractivity contribution is 7.15. The Morgan fingerprint density at radius 2 is 2.08 bits per heavy atom. The molecule has 3 rings (SSSR count). The fourth-order valence-corrected chi connectivity index (χ4v) is 3.39. The second kappa shape index (κ2) is 7.40. The van der Waals surface area contributed by atoms with E-state index in [1.165, 1.54) is 25.6 Å². The Kier molecular flexibility index (Phi) is 5.04. The molecule has 0 radical (unpaired) electrons. The van der Waals surface area contributed by atoms with Crippen LogP contribution >= 0.6 is 11.3 Å². The van der Waals surface area contributed by atoms with Gasteiger partial charge in [-0.05, 0) is 31.2 Å². The average Bonchev–Trinajstić information content (AvgIpc) is 3.28. The predicted molar refractivity (Wildman–Crippen MR) is 95.3 cm³/mol. The third-order valence-corrected chi connectivity index (χ3v) is 4.85. The topological polar surface area (TPSA) is 73.6 Å². The van der Waals surface area contributed by atoms with Crippen molar-refractivity contribution < 1.29 is 18.7 Å². The number of rotatable bonds is 6. The summed E-state index contributed by atoms with van der Waals surface area (Å²) in [6, 6.07) is 8.89. The first kappa shape index (κ1) is 17.0. The first-order chi connectivity index (χ1) is 12.1. The van der Waals surface area contributed by atoms with Crippen LogP contribution < -0.4 is 14.8 Å². The molecule has 2 heterocycles. The van der Waals surface area contributed by atoms with E-state index in [1.807, 2.05) is 19.1 Å². The van der Waals surface area contributed by atoms with E-state index in [2.05, 4.69) is 10.3 Å². The molecule has 1 N–H and O–H groups in total. The van der Waals surface area contributed by atoms with Crippen molar-refractivity contribution >= 4 is 17.2 Å². The van der Waals surface area contributed by atoms with E-state index in [4.69, 9.17) is 13.9 Å². The minimum atomic E-state index is -0.233. The third-order valence-electron chi connectivity index (χ3n) is 3.68. The Morgan fingerprint density at radius 1 is 1.24 bits per heavy atom. The summed E-state index contributed by atoms with van der Waals surface area (Å²) >= 11 is 1.50. The molecule has 1 amide bonds. The van der Waals surface area contributed by atoms with Gasteiger partial charge in [-0.1, -0.05) is 6.07 Å². The number of benzene rings is 1. The number of nitrogens with zero attached hydrogens (tertiary/aromatic N) is 1. The Hall–Kier alpha value is -2.80. The van der Waals surface area contributed by atoms with E-state index < -0.39 is 0 Å². The van der Waals surface area contributed by atoms with Crippen molar-refractivity contribution in [2.75, 3.05) is 14.2 Å². The van der Waals surface area contributed by atoms with Crippen LogP contribution in [0.25, 0.3) is 10.8 Å². The van der Waals surface area contributed by atoms with Crippen LogP contribution in [0.4, 0.5) is 0 Å². The molecule has 3 aromatic rings. The quantitative estimate of drug-likeness (QED) is 0.728. The molecule has 25 heavy (non-hydrogen) atoms. The molecule has 130 valence electrons. The first-order valence-electron chi connectivity index (χ1n) is 7.63. The van der Waals surface area contributed by atoms with Crippen molar-refractivity contribution in [1.82, 2.24) is 10.3 Å². The number of carbonyl (C=O) groups is 1. The van der Waals surface area contributed by atoms with Gasteiger partial charge in [-0.3, -0.25) is 4.79 Å². The van der Waals surface area contributed by atoms with Crippen LogP contribution in [-0.2, 0) is 6.54 Å². The molecule has 2 aromatic heterocycles. The number of para-hydroxylation sites is 1. The highest BCUT2D eigenvalue weighted by atomic mass is 32.1. The van der Waals surface area contributed by atoms with Gasteiger partial charge in [0.1, 0.15) is 0 Å². The minimum Gasteiger partial charge on any atom is -0.493 e.